The third-order valence-corrected chi connectivity index (χ3v) is 4.57. The minimum Gasteiger partial charge on any atom is -0.355 e. The van der Waals surface area contributed by atoms with Crippen molar-refractivity contribution in [3.8, 4) is 0 Å². The van der Waals surface area contributed by atoms with E-state index in [4.69, 9.17) is 11.6 Å². The van der Waals surface area contributed by atoms with E-state index in [0.717, 1.165) is 4.31 Å². The van der Waals surface area contributed by atoms with E-state index in [-0.39, 0.29) is 22.4 Å². The molecule has 1 amide bonds. The second kappa shape index (κ2) is 6.17. The summed E-state index contributed by atoms with van der Waals surface area (Å²) in [7, 11) is -2.40. The normalized spacial score (nSPS) is 11.6. The Hall–Kier alpha value is -1.11. The summed E-state index contributed by atoms with van der Waals surface area (Å²) in [4.78, 5) is 11.4. The Morgan fingerprint density at radius 3 is 2.56 bits per heavy atom. The van der Waals surface area contributed by atoms with Crippen LogP contribution in [-0.4, -0.2) is 38.8 Å². The first kappa shape index (κ1) is 14.9. The third kappa shape index (κ3) is 3.44. The number of rotatable bonds is 5. The molecule has 7 heteroatoms. The number of nitrogens with one attached hydrogen (secondary N) is 1. The standard InChI is InChI=1S/C11H15ClN2O3S/c1-3-13-11(15)8-14(2)18(16,17)10-7-5-4-6-9(10)12/h4-7H,3,8H2,1-2H3,(H,13,15). The predicted molar refractivity (Wildman–Crippen MR) is 70.0 cm³/mol. The highest BCUT2D eigenvalue weighted by Crippen LogP contribution is 2.23. The van der Waals surface area contributed by atoms with E-state index in [1.165, 1.54) is 19.2 Å². The van der Waals surface area contributed by atoms with Crippen LogP contribution in [0.15, 0.2) is 29.2 Å². The third-order valence-electron chi connectivity index (χ3n) is 2.27. The average Bonchev–Trinajstić information content (AvgIpc) is 2.29. The van der Waals surface area contributed by atoms with Crippen LogP contribution in [0, 0.1) is 0 Å². The maximum Gasteiger partial charge on any atom is 0.244 e. The molecule has 0 radical (unpaired) electrons. The van der Waals surface area contributed by atoms with Crippen LogP contribution in [0.25, 0.3) is 0 Å². The van der Waals surface area contributed by atoms with Crippen LogP contribution in [0.2, 0.25) is 5.02 Å². The van der Waals surface area contributed by atoms with Crippen molar-refractivity contribution < 1.29 is 13.2 Å². The van der Waals surface area contributed by atoms with Gasteiger partial charge in [0.2, 0.25) is 15.9 Å². The van der Waals surface area contributed by atoms with E-state index < -0.39 is 10.0 Å². The molecule has 1 N–H and O–H groups in total. The lowest BCUT2D eigenvalue weighted by molar-refractivity contribution is -0.121. The van der Waals surface area contributed by atoms with Gasteiger partial charge in [0.05, 0.1) is 11.6 Å². The molecule has 0 spiro atoms. The molecule has 0 saturated carbocycles. The van der Waals surface area contributed by atoms with Gasteiger partial charge >= 0.3 is 0 Å². The van der Waals surface area contributed by atoms with Gasteiger partial charge in [-0.15, -0.1) is 0 Å². The zero-order chi connectivity index (χ0) is 13.8. The molecule has 0 saturated heterocycles. The molecule has 0 aliphatic rings. The summed E-state index contributed by atoms with van der Waals surface area (Å²) in [6, 6.07) is 6.13. The van der Waals surface area contributed by atoms with Crippen LogP contribution in [0.1, 0.15) is 6.92 Å². The molecule has 18 heavy (non-hydrogen) atoms. The fourth-order valence-corrected chi connectivity index (χ4v) is 2.98. The molecule has 0 aliphatic heterocycles. The molecule has 0 heterocycles. The molecular weight excluding hydrogens is 276 g/mol. The first-order valence-electron chi connectivity index (χ1n) is 5.37. The summed E-state index contributed by atoms with van der Waals surface area (Å²) >= 11 is 5.84. The fourth-order valence-electron chi connectivity index (χ4n) is 1.36. The Bertz CT molecular complexity index is 531. The van der Waals surface area contributed by atoms with Gasteiger partial charge in [-0.1, -0.05) is 23.7 Å². The van der Waals surface area contributed by atoms with Gasteiger partial charge in [0.1, 0.15) is 4.90 Å². The number of halogens is 1. The van der Waals surface area contributed by atoms with Crippen LogP contribution in [-0.2, 0) is 14.8 Å². The van der Waals surface area contributed by atoms with Crippen molar-refractivity contribution in [2.45, 2.75) is 11.8 Å². The number of sulfonamides is 1. The van der Waals surface area contributed by atoms with Crippen molar-refractivity contribution in [2.24, 2.45) is 0 Å². The Balaban J connectivity index is 2.94. The number of carbonyl (C=O) groups is 1. The van der Waals surface area contributed by atoms with Crippen molar-refractivity contribution in [1.29, 1.82) is 0 Å². The van der Waals surface area contributed by atoms with Gasteiger partial charge in [-0.05, 0) is 19.1 Å². The SMILES string of the molecule is CCNC(=O)CN(C)S(=O)(=O)c1ccccc1Cl. The van der Waals surface area contributed by atoms with E-state index in [1.54, 1.807) is 19.1 Å². The molecule has 1 aromatic carbocycles. The number of carbonyl (C=O) groups excluding carboxylic acids is 1. The largest absolute Gasteiger partial charge is 0.355 e. The van der Waals surface area contributed by atoms with Crippen LogP contribution in [0.5, 0.6) is 0 Å². The molecule has 0 aliphatic carbocycles. The topological polar surface area (TPSA) is 66.5 Å². The summed E-state index contributed by atoms with van der Waals surface area (Å²) in [5, 5.41) is 2.68. The molecule has 0 bridgehead atoms. The summed E-state index contributed by atoms with van der Waals surface area (Å²) in [5.41, 5.74) is 0. The maximum atomic E-state index is 12.2. The lowest BCUT2D eigenvalue weighted by Gasteiger charge is -2.17. The van der Waals surface area contributed by atoms with Gasteiger partial charge < -0.3 is 5.32 Å². The van der Waals surface area contributed by atoms with E-state index in [0.29, 0.717) is 6.54 Å². The average molecular weight is 291 g/mol. The number of amides is 1. The van der Waals surface area contributed by atoms with Gasteiger partial charge in [-0.3, -0.25) is 4.79 Å². The number of hydrogen-bond donors (Lipinski definition) is 1. The predicted octanol–water partition coefficient (Wildman–Crippen LogP) is 1.10. The van der Waals surface area contributed by atoms with Crippen LogP contribution in [0.4, 0.5) is 0 Å². The minimum absolute atomic E-state index is 0.00142. The van der Waals surface area contributed by atoms with Crippen molar-refractivity contribution in [3.05, 3.63) is 29.3 Å². The van der Waals surface area contributed by atoms with Gasteiger partial charge in [-0.25, -0.2) is 8.42 Å². The lowest BCUT2D eigenvalue weighted by Crippen LogP contribution is -2.38. The molecule has 1 aromatic rings. The second-order valence-corrected chi connectivity index (χ2v) is 6.07. The van der Waals surface area contributed by atoms with Gasteiger partial charge in [-0.2, -0.15) is 4.31 Å². The lowest BCUT2D eigenvalue weighted by atomic mass is 10.4. The van der Waals surface area contributed by atoms with E-state index in [9.17, 15) is 13.2 Å². The minimum atomic E-state index is -3.74. The molecule has 1 rings (SSSR count). The molecule has 5 nitrogen and oxygen atoms in total. The summed E-state index contributed by atoms with van der Waals surface area (Å²) in [6.07, 6.45) is 0. The Morgan fingerprint density at radius 1 is 1.39 bits per heavy atom. The second-order valence-electron chi connectivity index (χ2n) is 3.65. The van der Waals surface area contributed by atoms with Crippen molar-refractivity contribution >= 4 is 27.5 Å². The molecule has 100 valence electrons. The smallest absolute Gasteiger partial charge is 0.244 e. The van der Waals surface area contributed by atoms with Crippen molar-refractivity contribution in [2.75, 3.05) is 20.1 Å². The number of likely N-dealkylation sites (N-methyl/N-ethyl adjacent to an activating group) is 2. The van der Waals surface area contributed by atoms with Crippen molar-refractivity contribution in [3.63, 3.8) is 0 Å². The van der Waals surface area contributed by atoms with Crippen LogP contribution in [0.3, 0.4) is 0 Å². The molecular formula is C11H15ClN2O3S. The molecule has 0 aromatic heterocycles. The van der Waals surface area contributed by atoms with Gasteiger partial charge in [0, 0.05) is 13.6 Å². The van der Waals surface area contributed by atoms with Crippen molar-refractivity contribution in [1.82, 2.24) is 9.62 Å². The zero-order valence-corrected chi connectivity index (χ0v) is 11.8. The maximum absolute atomic E-state index is 12.2. The highest BCUT2D eigenvalue weighted by atomic mass is 35.5. The molecule has 0 unspecified atom stereocenters. The summed E-state index contributed by atoms with van der Waals surface area (Å²) in [5.74, 6) is -0.351. The highest BCUT2D eigenvalue weighted by Gasteiger charge is 2.24. The molecule has 0 atom stereocenters. The summed E-state index contributed by atoms with van der Waals surface area (Å²) in [6.45, 7) is 1.99. The quantitative estimate of drug-likeness (QED) is 0.883. The molecule has 0 fully saturated rings. The van der Waals surface area contributed by atoms with Gasteiger partial charge in [0.15, 0.2) is 0 Å². The van der Waals surface area contributed by atoms with E-state index in [2.05, 4.69) is 5.32 Å². The highest BCUT2D eigenvalue weighted by molar-refractivity contribution is 7.89. The summed E-state index contributed by atoms with van der Waals surface area (Å²) < 4.78 is 25.3. The van der Waals surface area contributed by atoms with Crippen LogP contribution < -0.4 is 5.32 Å². The number of benzene rings is 1. The zero-order valence-electron chi connectivity index (χ0n) is 10.2. The number of nitrogens with zero attached hydrogens (tertiary/aromatic N) is 1. The fraction of sp³-hybridized carbons (Fsp3) is 0.364. The Kier molecular flexibility index (Phi) is 5.13. The number of hydrogen-bond acceptors (Lipinski definition) is 3. The van der Waals surface area contributed by atoms with E-state index >= 15 is 0 Å². The monoisotopic (exact) mass is 290 g/mol. The van der Waals surface area contributed by atoms with Crippen LogP contribution >= 0.6 is 11.6 Å². The Morgan fingerprint density at radius 2 is 2.00 bits per heavy atom. The van der Waals surface area contributed by atoms with E-state index in [1.807, 2.05) is 0 Å². The first-order valence-corrected chi connectivity index (χ1v) is 7.19. The van der Waals surface area contributed by atoms with Gasteiger partial charge in [0.25, 0.3) is 0 Å². The first-order chi connectivity index (χ1) is 8.39. The Labute approximate surface area is 112 Å².